The van der Waals surface area contributed by atoms with Crippen LogP contribution in [0.4, 0.5) is 0 Å². The molecule has 1 rings (SSSR count). The molecule has 1 heterocycles. The second-order valence-corrected chi connectivity index (χ2v) is 5.60. The van der Waals surface area contributed by atoms with Crippen molar-refractivity contribution in [2.75, 3.05) is 59.4 Å². The number of carbonyl (C=O) groups is 2. The molecule has 0 bridgehead atoms. The highest BCUT2D eigenvalue weighted by molar-refractivity contribution is 6.26. The van der Waals surface area contributed by atoms with E-state index >= 15 is 0 Å². The quantitative estimate of drug-likeness (QED) is 0.200. The molecule has 0 aliphatic carbocycles. The molecule has 1 fully saturated rings. The van der Waals surface area contributed by atoms with Gasteiger partial charge in [0.2, 0.25) is 0 Å². The normalized spacial score (nSPS) is 16.7. The van der Waals surface area contributed by atoms with E-state index in [4.69, 9.17) is 5.21 Å². The number of amides is 2. The molecule has 1 saturated heterocycles. The highest BCUT2D eigenvalue weighted by Crippen LogP contribution is 2.02. The summed E-state index contributed by atoms with van der Waals surface area (Å²) in [5, 5.41) is 16.4. The van der Waals surface area contributed by atoms with Gasteiger partial charge in [0.1, 0.15) is 6.21 Å². The lowest BCUT2D eigenvalue weighted by molar-refractivity contribution is -0.115. The van der Waals surface area contributed by atoms with Crippen molar-refractivity contribution in [2.45, 2.75) is 12.8 Å². The first-order valence-corrected chi connectivity index (χ1v) is 8.25. The van der Waals surface area contributed by atoms with Crippen molar-refractivity contribution in [3.05, 3.63) is 0 Å². The second kappa shape index (κ2) is 12.4. The molecular formula is C15H28N6O3. The van der Waals surface area contributed by atoms with Crippen LogP contribution in [-0.4, -0.2) is 98.7 Å². The van der Waals surface area contributed by atoms with Crippen LogP contribution in [-0.2, 0) is 9.59 Å². The molecule has 9 heteroatoms. The molecule has 0 aromatic rings. The third kappa shape index (κ3) is 9.21. The van der Waals surface area contributed by atoms with Crippen LogP contribution in [0.2, 0.25) is 0 Å². The Morgan fingerprint density at radius 3 is 1.83 bits per heavy atom. The van der Waals surface area contributed by atoms with Crippen LogP contribution >= 0.6 is 0 Å². The van der Waals surface area contributed by atoms with Crippen LogP contribution in [0.3, 0.4) is 0 Å². The lowest BCUT2D eigenvalue weighted by Crippen LogP contribution is -2.47. The van der Waals surface area contributed by atoms with Crippen molar-refractivity contribution < 1.29 is 14.8 Å². The van der Waals surface area contributed by atoms with Crippen LogP contribution in [0, 0.1) is 0 Å². The van der Waals surface area contributed by atoms with Crippen molar-refractivity contribution in [3.63, 3.8) is 0 Å². The molecule has 9 nitrogen and oxygen atoms in total. The summed E-state index contributed by atoms with van der Waals surface area (Å²) in [7, 11) is 1.58. The predicted octanol–water partition coefficient (Wildman–Crippen LogP) is -1.22. The molecule has 0 saturated carbocycles. The predicted molar refractivity (Wildman–Crippen MR) is 92.8 cm³/mol. The molecular weight excluding hydrogens is 312 g/mol. The van der Waals surface area contributed by atoms with Gasteiger partial charge >= 0.3 is 0 Å². The maximum Gasteiger partial charge on any atom is 0.265 e. The maximum absolute atomic E-state index is 11.2. The van der Waals surface area contributed by atoms with E-state index in [1.165, 1.54) is 6.21 Å². The van der Waals surface area contributed by atoms with Gasteiger partial charge in [-0.3, -0.25) is 14.6 Å². The molecule has 24 heavy (non-hydrogen) atoms. The number of rotatable bonds is 10. The fourth-order valence-electron chi connectivity index (χ4n) is 2.53. The summed E-state index contributed by atoms with van der Waals surface area (Å²) in [5.41, 5.74) is 0. The minimum atomic E-state index is -0.375. The SMILES string of the molecule is C/N=C/C(=O)NCCCN1CCN(CCCNC(=O)/C=N/O)CC1. The third-order valence-corrected chi connectivity index (χ3v) is 3.79. The topological polar surface area (TPSA) is 110 Å². The first-order valence-electron chi connectivity index (χ1n) is 8.25. The van der Waals surface area contributed by atoms with E-state index < -0.39 is 0 Å². The van der Waals surface area contributed by atoms with Gasteiger partial charge in [-0.2, -0.15) is 0 Å². The van der Waals surface area contributed by atoms with Crippen molar-refractivity contribution in [2.24, 2.45) is 10.1 Å². The van der Waals surface area contributed by atoms with Crippen LogP contribution in [0.1, 0.15) is 12.8 Å². The van der Waals surface area contributed by atoms with Crippen molar-refractivity contribution in [3.8, 4) is 0 Å². The molecule has 2 amide bonds. The summed E-state index contributed by atoms with van der Waals surface area (Å²) in [4.78, 5) is 30.7. The van der Waals surface area contributed by atoms with Crippen molar-refractivity contribution in [1.29, 1.82) is 0 Å². The van der Waals surface area contributed by atoms with E-state index in [0.29, 0.717) is 13.1 Å². The highest BCUT2D eigenvalue weighted by Gasteiger charge is 2.15. The number of hydrogen-bond acceptors (Lipinski definition) is 7. The number of hydrogen-bond donors (Lipinski definition) is 3. The Bertz CT molecular complexity index is 393. The zero-order valence-corrected chi connectivity index (χ0v) is 14.3. The molecule has 3 N–H and O–H groups in total. The molecule has 0 aromatic heterocycles. The van der Waals surface area contributed by atoms with Crippen LogP contribution in [0.5, 0.6) is 0 Å². The monoisotopic (exact) mass is 340 g/mol. The maximum atomic E-state index is 11.2. The highest BCUT2D eigenvalue weighted by atomic mass is 16.4. The summed E-state index contributed by atoms with van der Waals surface area (Å²) in [5.74, 6) is -0.515. The number of nitrogens with one attached hydrogen (secondary N) is 2. The number of oxime groups is 1. The zero-order valence-electron chi connectivity index (χ0n) is 14.3. The molecule has 0 spiro atoms. The number of carbonyl (C=O) groups excluding carboxylic acids is 2. The van der Waals surface area contributed by atoms with Gasteiger partial charge in [-0.15, -0.1) is 0 Å². The average Bonchev–Trinajstić information content (AvgIpc) is 2.57. The fraction of sp³-hybridized carbons (Fsp3) is 0.733. The van der Waals surface area contributed by atoms with E-state index in [-0.39, 0.29) is 11.8 Å². The first-order chi connectivity index (χ1) is 11.7. The number of aliphatic imine (C=N–C) groups is 1. The van der Waals surface area contributed by atoms with Gasteiger partial charge in [0.25, 0.3) is 11.8 Å². The fourth-order valence-corrected chi connectivity index (χ4v) is 2.53. The molecule has 0 radical (unpaired) electrons. The Morgan fingerprint density at radius 1 is 0.958 bits per heavy atom. The first kappa shape index (κ1) is 20.0. The van der Waals surface area contributed by atoms with Crippen LogP contribution < -0.4 is 10.6 Å². The van der Waals surface area contributed by atoms with Crippen LogP contribution in [0.25, 0.3) is 0 Å². The van der Waals surface area contributed by atoms with Gasteiger partial charge in [0.05, 0.1) is 6.21 Å². The van der Waals surface area contributed by atoms with Gasteiger partial charge in [-0.05, 0) is 25.9 Å². The largest absolute Gasteiger partial charge is 0.411 e. The summed E-state index contributed by atoms with van der Waals surface area (Å²) in [6.45, 7) is 7.24. The van der Waals surface area contributed by atoms with Crippen molar-refractivity contribution >= 4 is 24.2 Å². The van der Waals surface area contributed by atoms with E-state index in [1.807, 2.05) is 0 Å². The molecule has 0 unspecified atom stereocenters. The van der Waals surface area contributed by atoms with Crippen LogP contribution in [0.15, 0.2) is 10.1 Å². The Morgan fingerprint density at radius 2 is 1.42 bits per heavy atom. The summed E-state index contributed by atoms with van der Waals surface area (Å²) >= 11 is 0. The molecule has 136 valence electrons. The Balaban J connectivity index is 2.01. The van der Waals surface area contributed by atoms with E-state index in [9.17, 15) is 9.59 Å². The number of piperazine rings is 1. The van der Waals surface area contributed by atoms with Gasteiger partial charge in [-0.1, -0.05) is 5.16 Å². The summed E-state index contributed by atoms with van der Waals surface area (Å²) < 4.78 is 0. The van der Waals surface area contributed by atoms with Gasteiger partial charge in [0.15, 0.2) is 0 Å². The minimum absolute atomic E-state index is 0.139. The van der Waals surface area contributed by atoms with E-state index in [2.05, 4.69) is 30.6 Å². The lowest BCUT2D eigenvalue weighted by Gasteiger charge is -2.34. The molecule has 1 aliphatic heterocycles. The molecule has 1 aliphatic rings. The Kier molecular flexibility index (Phi) is 10.4. The standard InChI is InChI=1S/C15H28N6O3/c1-16-12-14(22)17-4-2-6-20-8-10-21(11-9-20)7-3-5-18-15(23)13-19-24/h12-13,24H,2-11H2,1H3,(H,17,22)(H,18,23)/b16-12+,19-13+. The molecule has 0 aromatic carbocycles. The smallest absolute Gasteiger partial charge is 0.265 e. The number of nitrogens with zero attached hydrogens (tertiary/aromatic N) is 4. The van der Waals surface area contributed by atoms with E-state index in [1.54, 1.807) is 7.05 Å². The molecule has 0 atom stereocenters. The average molecular weight is 340 g/mol. The summed E-state index contributed by atoms with van der Waals surface area (Å²) in [6, 6.07) is 0. The van der Waals surface area contributed by atoms with Gasteiger partial charge < -0.3 is 25.6 Å². The third-order valence-electron chi connectivity index (χ3n) is 3.79. The van der Waals surface area contributed by atoms with Crippen molar-refractivity contribution in [1.82, 2.24) is 20.4 Å². The lowest BCUT2D eigenvalue weighted by atomic mass is 10.2. The Labute approximate surface area is 142 Å². The van der Waals surface area contributed by atoms with E-state index in [0.717, 1.165) is 58.3 Å². The van der Waals surface area contributed by atoms with Gasteiger partial charge in [-0.25, -0.2) is 0 Å². The second-order valence-electron chi connectivity index (χ2n) is 5.60. The zero-order chi connectivity index (χ0) is 17.6. The Hall–Kier alpha value is -2.00. The summed E-state index contributed by atoms with van der Waals surface area (Å²) in [6.07, 6.45) is 3.95. The van der Waals surface area contributed by atoms with Gasteiger partial charge in [0, 0.05) is 46.3 Å². The minimum Gasteiger partial charge on any atom is -0.411 e.